The Morgan fingerprint density at radius 2 is 1.10 bits per heavy atom. The standard InChI is InChI=1S/C28H30N2O/c1-21-29-25(26(31)27(2,3)4)20-30(21)28(22-14-8-5-9-15-22,23-16-10-6-11-17-23)24-18-12-7-13-19-24/h5-20,26,31H,1-4H3. The normalized spacial score (nSPS) is 13.2. The van der Waals surface area contributed by atoms with Crippen LogP contribution in [0.4, 0.5) is 0 Å². The van der Waals surface area contributed by atoms with Crippen LogP contribution in [-0.4, -0.2) is 14.7 Å². The zero-order chi connectivity index (χ0) is 22.1. The molecule has 0 aliphatic carbocycles. The molecule has 0 fully saturated rings. The molecule has 0 saturated carbocycles. The Morgan fingerprint density at radius 1 is 0.710 bits per heavy atom. The first kappa shape index (κ1) is 21.1. The number of rotatable bonds is 5. The minimum absolute atomic E-state index is 0.305. The summed E-state index contributed by atoms with van der Waals surface area (Å²) in [6.07, 6.45) is 1.37. The van der Waals surface area contributed by atoms with Gasteiger partial charge in [-0.25, -0.2) is 4.98 Å². The maximum Gasteiger partial charge on any atom is 0.121 e. The molecule has 0 amide bonds. The maximum absolute atomic E-state index is 11.0. The number of hydrogen-bond donors (Lipinski definition) is 1. The van der Waals surface area contributed by atoms with Crippen LogP contribution in [0.15, 0.2) is 97.2 Å². The first-order valence-corrected chi connectivity index (χ1v) is 10.8. The van der Waals surface area contributed by atoms with Crippen molar-refractivity contribution in [3.05, 3.63) is 125 Å². The van der Waals surface area contributed by atoms with E-state index in [0.29, 0.717) is 5.69 Å². The number of nitrogens with zero attached hydrogens (tertiary/aromatic N) is 2. The van der Waals surface area contributed by atoms with Gasteiger partial charge in [-0.1, -0.05) is 112 Å². The predicted molar refractivity (Wildman–Crippen MR) is 126 cm³/mol. The quantitative estimate of drug-likeness (QED) is 0.403. The van der Waals surface area contributed by atoms with E-state index in [1.54, 1.807) is 0 Å². The van der Waals surface area contributed by atoms with Crippen molar-refractivity contribution < 1.29 is 5.11 Å². The van der Waals surface area contributed by atoms with Gasteiger partial charge in [-0.05, 0) is 29.0 Å². The van der Waals surface area contributed by atoms with E-state index in [1.165, 1.54) is 0 Å². The molecular weight excluding hydrogens is 380 g/mol. The largest absolute Gasteiger partial charge is 0.386 e. The van der Waals surface area contributed by atoms with E-state index in [4.69, 9.17) is 4.98 Å². The van der Waals surface area contributed by atoms with Crippen molar-refractivity contribution in [2.24, 2.45) is 5.41 Å². The molecule has 0 saturated heterocycles. The Labute approximate surface area is 185 Å². The summed E-state index contributed by atoms with van der Waals surface area (Å²) in [5.74, 6) is 0.856. The van der Waals surface area contributed by atoms with E-state index < -0.39 is 11.6 Å². The summed E-state index contributed by atoms with van der Waals surface area (Å²) in [6, 6.07) is 31.6. The van der Waals surface area contributed by atoms with Gasteiger partial charge in [0.25, 0.3) is 0 Å². The second-order valence-corrected chi connectivity index (χ2v) is 9.16. The van der Waals surface area contributed by atoms with Gasteiger partial charge in [-0.15, -0.1) is 0 Å². The highest BCUT2D eigenvalue weighted by Crippen LogP contribution is 2.42. The van der Waals surface area contributed by atoms with Crippen molar-refractivity contribution in [2.75, 3.05) is 0 Å². The highest BCUT2D eigenvalue weighted by Gasteiger charge is 2.40. The zero-order valence-electron chi connectivity index (χ0n) is 18.7. The molecule has 31 heavy (non-hydrogen) atoms. The molecule has 0 aliphatic rings. The molecule has 0 spiro atoms. The van der Waals surface area contributed by atoms with Crippen LogP contribution in [0.1, 0.15) is 55.1 Å². The van der Waals surface area contributed by atoms with E-state index in [0.717, 1.165) is 22.5 Å². The molecule has 3 nitrogen and oxygen atoms in total. The lowest BCUT2D eigenvalue weighted by molar-refractivity contribution is 0.0591. The average molecular weight is 411 g/mol. The van der Waals surface area contributed by atoms with Crippen LogP contribution in [-0.2, 0) is 5.54 Å². The van der Waals surface area contributed by atoms with Crippen molar-refractivity contribution in [2.45, 2.75) is 39.3 Å². The van der Waals surface area contributed by atoms with Crippen molar-refractivity contribution in [3.8, 4) is 0 Å². The summed E-state index contributed by atoms with van der Waals surface area (Å²) in [6.45, 7) is 8.11. The summed E-state index contributed by atoms with van der Waals surface area (Å²) in [5, 5.41) is 11.0. The molecule has 4 aromatic rings. The van der Waals surface area contributed by atoms with Crippen molar-refractivity contribution >= 4 is 0 Å². The maximum atomic E-state index is 11.0. The summed E-state index contributed by atoms with van der Waals surface area (Å²) in [5.41, 5.74) is 3.20. The van der Waals surface area contributed by atoms with Gasteiger partial charge in [-0.3, -0.25) is 0 Å². The van der Waals surface area contributed by atoms with Crippen LogP contribution in [0.3, 0.4) is 0 Å². The van der Waals surface area contributed by atoms with Crippen LogP contribution in [0.5, 0.6) is 0 Å². The van der Waals surface area contributed by atoms with E-state index in [2.05, 4.69) is 77.4 Å². The fourth-order valence-electron chi connectivity index (χ4n) is 4.37. The minimum Gasteiger partial charge on any atom is -0.386 e. The fourth-order valence-corrected chi connectivity index (χ4v) is 4.37. The molecule has 1 N–H and O–H groups in total. The van der Waals surface area contributed by atoms with Gasteiger partial charge < -0.3 is 9.67 Å². The van der Waals surface area contributed by atoms with Gasteiger partial charge in [-0.2, -0.15) is 0 Å². The summed E-state index contributed by atoms with van der Waals surface area (Å²) >= 11 is 0. The summed E-state index contributed by atoms with van der Waals surface area (Å²) < 4.78 is 2.22. The summed E-state index contributed by atoms with van der Waals surface area (Å²) in [4.78, 5) is 4.83. The number of aromatic nitrogens is 2. The predicted octanol–water partition coefficient (Wildman–Crippen LogP) is 6.11. The molecule has 1 unspecified atom stereocenters. The Kier molecular flexibility index (Phi) is 5.55. The molecule has 3 heteroatoms. The van der Waals surface area contributed by atoms with Crippen LogP contribution >= 0.6 is 0 Å². The Bertz CT molecular complexity index is 1030. The van der Waals surface area contributed by atoms with Crippen LogP contribution in [0, 0.1) is 12.3 Å². The Hall–Kier alpha value is -3.17. The first-order chi connectivity index (χ1) is 14.8. The third-order valence-corrected chi connectivity index (χ3v) is 5.94. The molecule has 0 radical (unpaired) electrons. The van der Waals surface area contributed by atoms with Gasteiger partial charge in [0.2, 0.25) is 0 Å². The molecule has 3 aromatic carbocycles. The highest BCUT2D eigenvalue weighted by molar-refractivity contribution is 5.51. The van der Waals surface area contributed by atoms with E-state index in [-0.39, 0.29) is 5.41 Å². The molecule has 0 aliphatic heterocycles. The SMILES string of the molecule is Cc1nc(C(O)C(C)(C)C)cn1C(c1ccccc1)(c1ccccc1)c1ccccc1. The third-order valence-electron chi connectivity index (χ3n) is 5.94. The number of benzene rings is 3. The van der Waals surface area contributed by atoms with Crippen LogP contribution in [0.25, 0.3) is 0 Å². The van der Waals surface area contributed by atoms with Gasteiger partial charge >= 0.3 is 0 Å². The summed E-state index contributed by atoms with van der Waals surface area (Å²) in [7, 11) is 0. The minimum atomic E-state index is -0.660. The van der Waals surface area contributed by atoms with Gasteiger partial charge in [0.15, 0.2) is 0 Å². The molecular formula is C28H30N2O. The van der Waals surface area contributed by atoms with Gasteiger partial charge in [0, 0.05) is 6.20 Å². The molecule has 4 rings (SSSR count). The highest BCUT2D eigenvalue weighted by atomic mass is 16.3. The smallest absolute Gasteiger partial charge is 0.121 e. The van der Waals surface area contributed by atoms with Gasteiger partial charge in [0.05, 0.1) is 5.69 Å². The zero-order valence-corrected chi connectivity index (χ0v) is 18.7. The third kappa shape index (κ3) is 3.70. The number of imidazole rings is 1. The molecule has 158 valence electrons. The second kappa shape index (κ2) is 8.16. The number of hydrogen-bond acceptors (Lipinski definition) is 2. The van der Waals surface area contributed by atoms with Crippen molar-refractivity contribution in [3.63, 3.8) is 0 Å². The van der Waals surface area contributed by atoms with Crippen molar-refractivity contribution in [1.29, 1.82) is 0 Å². The molecule has 1 atom stereocenters. The van der Waals surface area contributed by atoms with Crippen LogP contribution in [0.2, 0.25) is 0 Å². The number of aliphatic hydroxyl groups is 1. The lowest BCUT2D eigenvalue weighted by atomic mass is 9.76. The fraction of sp³-hybridized carbons (Fsp3) is 0.250. The van der Waals surface area contributed by atoms with E-state index in [1.807, 2.05) is 52.1 Å². The Balaban J connectivity index is 2.08. The van der Waals surface area contributed by atoms with E-state index in [9.17, 15) is 5.11 Å². The number of aliphatic hydroxyl groups excluding tert-OH is 1. The van der Waals surface area contributed by atoms with Crippen LogP contribution < -0.4 is 0 Å². The lowest BCUT2D eigenvalue weighted by Crippen LogP contribution is -2.38. The topological polar surface area (TPSA) is 38.1 Å². The van der Waals surface area contributed by atoms with E-state index >= 15 is 0 Å². The second-order valence-electron chi connectivity index (χ2n) is 9.16. The Morgan fingerprint density at radius 3 is 1.45 bits per heavy atom. The lowest BCUT2D eigenvalue weighted by Gasteiger charge is -2.38. The monoisotopic (exact) mass is 410 g/mol. The number of aryl methyl sites for hydroxylation is 1. The first-order valence-electron chi connectivity index (χ1n) is 10.8. The van der Waals surface area contributed by atoms with Gasteiger partial charge in [0.1, 0.15) is 17.5 Å². The molecule has 0 bridgehead atoms. The molecule has 1 heterocycles. The average Bonchev–Trinajstić information content (AvgIpc) is 3.17. The molecule has 1 aromatic heterocycles. The van der Waals surface area contributed by atoms with Crippen molar-refractivity contribution in [1.82, 2.24) is 9.55 Å².